The summed E-state index contributed by atoms with van der Waals surface area (Å²) < 4.78 is 0. The van der Waals surface area contributed by atoms with Gasteiger partial charge < -0.3 is 5.73 Å². The van der Waals surface area contributed by atoms with Crippen LogP contribution >= 0.6 is 0 Å². The molecular weight excluding hydrogens is 208 g/mol. The van der Waals surface area contributed by atoms with Gasteiger partial charge in [-0.25, -0.2) is 0 Å². The fourth-order valence-corrected chi connectivity index (χ4v) is 2.48. The fourth-order valence-electron chi connectivity index (χ4n) is 2.48. The Bertz CT molecular complexity index is 358. The van der Waals surface area contributed by atoms with Gasteiger partial charge in [-0.3, -0.25) is 4.90 Å². The van der Waals surface area contributed by atoms with Crippen LogP contribution in [0.4, 0.5) is 0 Å². The summed E-state index contributed by atoms with van der Waals surface area (Å²) in [6.07, 6.45) is 2.81. The Kier molecular flexibility index (Phi) is 4.19. The molecule has 0 radical (unpaired) electrons. The van der Waals surface area contributed by atoms with Gasteiger partial charge in [-0.2, -0.15) is 0 Å². The first-order chi connectivity index (χ1) is 8.24. The van der Waals surface area contributed by atoms with Crippen molar-refractivity contribution in [3.8, 4) is 0 Å². The highest BCUT2D eigenvalue weighted by atomic mass is 15.2. The van der Waals surface area contributed by atoms with E-state index in [2.05, 4.69) is 43.0 Å². The van der Waals surface area contributed by atoms with Crippen molar-refractivity contribution < 1.29 is 0 Å². The summed E-state index contributed by atoms with van der Waals surface area (Å²) in [6.45, 7) is 7.40. The van der Waals surface area contributed by atoms with Gasteiger partial charge in [0, 0.05) is 19.1 Å². The van der Waals surface area contributed by atoms with E-state index in [1.807, 2.05) is 0 Å². The fraction of sp³-hybridized carbons (Fsp3) is 0.600. The van der Waals surface area contributed by atoms with E-state index in [4.69, 9.17) is 5.73 Å². The number of hydrogen-bond acceptors (Lipinski definition) is 2. The van der Waals surface area contributed by atoms with Crippen LogP contribution in [0.3, 0.4) is 0 Å². The Morgan fingerprint density at radius 1 is 1.41 bits per heavy atom. The van der Waals surface area contributed by atoms with Gasteiger partial charge >= 0.3 is 0 Å². The monoisotopic (exact) mass is 232 g/mol. The zero-order chi connectivity index (χ0) is 12.3. The lowest BCUT2D eigenvalue weighted by Crippen LogP contribution is -2.35. The van der Waals surface area contributed by atoms with Gasteiger partial charge in [-0.15, -0.1) is 0 Å². The van der Waals surface area contributed by atoms with Crippen LogP contribution in [0.2, 0.25) is 0 Å². The molecule has 0 heterocycles. The van der Waals surface area contributed by atoms with Crippen molar-refractivity contribution in [2.24, 2.45) is 11.7 Å². The third-order valence-electron chi connectivity index (χ3n) is 3.69. The molecule has 1 atom stereocenters. The lowest BCUT2D eigenvalue weighted by atomic mass is 10.0. The van der Waals surface area contributed by atoms with Crippen LogP contribution in [0.1, 0.15) is 36.9 Å². The average molecular weight is 232 g/mol. The van der Waals surface area contributed by atoms with Crippen molar-refractivity contribution in [2.45, 2.75) is 32.7 Å². The Morgan fingerprint density at radius 3 is 2.71 bits per heavy atom. The summed E-state index contributed by atoms with van der Waals surface area (Å²) in [4.78, 5) is 2.53. The highest BCUT2D eigenvalue weighted by Gasteiger charge is 2.27. The summed E-state index contributed by atoms with van der Waals surface area (Å²) in [5.41, 5.74) is 8.68. The van der Waals surface area contributed by atoms with E-state index in [0.29, 0.717) is 12.6 Å². The number of likely N-dealkylation sites (N-methyl/N-ethyl adjacent to an activating group) is 1. The van der Waals surface area contributed by atoms with Crippen LogP contribution in [-0.4, -0.2) is 24.5 Å². The van der Waals surface area contributed by atoms with E-state index < -0.39 is 0 Å². The minimum atomic E-state index is 0.389. The van der Waals surface area contributed by atoms with Crippen molar-refractivity contribution in [1.82, 2.24) is 4.90 Å². The summed E-state index contributed by atoms with van der Waals surface area (Å²) in [5.74, 6) is 0.925. The smallest absolute Gasteiger partial charge is 0.0470 e. The lowest BCUT2D eigenvalue weighted by Gasteiger charge is -2.30. The number of rotatable bonds is 6. The Labute approximate surface area is 105 Å². The van der Waals surface area contributed by atoms with E-state index in [-0.39, 0.29) is 0 Å². The molecular formula is C15H24N2. The molecule has 0 aliphatic heterocycles. The van der Waals surface area contributed by atoms with Crippen LogP contribution in [0.25, 0.3) is 0 Å². The molecule has 1 aromatic carbocycles. The van der Waals surface area contributed by atoms with Crippen molar-refractivity contribution in [1.29, 1.82) is 0 Å². The predicted molar refractivity (Wildman–Crippen MR) is 72.9 cm³/mol. The van der Waals surface area contributed by atoms with Crippen LogP contribution in [-0.2, 0) is 0 Å². The summed E-state index contributed by atoms with van der Waals surface area (Å²) in [5, 5.41) is 0. The van der Waals surface area contributed by atoms with Gasteiger partial charge in [0.15, 0.2) is 0 Å². The van der Waals surface area contributed by atoms with Gasteiger partial charge in [0.1, 0.15) is 0 Å². The Balaban J connectivity index is 2.12. The SMILES string of the molecule is CCN(CC1CC1)C(CN)c1cccc(C)c1. The Morgan fingerprint density at radius 2 is 2.18 bits per heavy atom. The third kappa shape index (κ3) is 3.30. The summed E-state index contributed by atoms with van der Waals surface area (Å²) in [7, 11) is 0. The predicted octanol–water partition coefficient (Wildman–Crippen LogP) is 2.73. The van der Waals surface area contributed by atoms with E-state index >= 15 is 0 Å². The second-order valence-corrected chi connectivity index (χ2v) is 5.20. The molecule has 1 fully saturated rings. The van der Waals surface area contributed by atoms with Crippen molar-refractivity contribution in [3.05, 3.63) is 35.4 Å². The topological polar surface area (TPSA) is 29.3 Å². The van der Waals surface area contributed by atoms with E-state index in [0.717, 1.165) is 12.5 Å². The first-order valence-corrected chi connectivity index (χ1v) is 6.75. The van der Waals surface area contributed by atoms with Crippen LogP contribution < -0.4 is 5.73 Å². The minimum Gasteiger partial charge on any atom is -0.329 e. The highest BCUT2D eigenvalue weighted by molar-refractivity contribution is 5.25. The maximum Gasteiger partial charge on any atom is 0.0470 e. The van der Waals surface area contributed by atoms with Gasteiger partial charge in [0.05, 0.1) is 0 Å². The molecule has 0 saturated heterocycles. The molecule has 2 heteroatoms. The highest BCUT2D eigenvalue weighted by Crippen LogP contribution is 2.32. The summed E-state index contributed by atoms with van der Waals surface area (Å²) in [6, 6.07) is 9.15. The molecule has 1 aliphatic rings. The number of nitrogens with zero attached hydrogens (tertiary/aromatic N) is 1. The van der Waals surface area contributed by atoms with Crippen molar-refractivity contribution in [2.75, 3.05) is 19.6 Å². The molecule has 17 heavy (non-hydrogen) atoms. The molecule has 0 amide bonds. The summed E-state index contributed by atoms with van der Waals surface area (Å²) >= 11 is 0. The lowest BCUT2D eigenvalue weighted by molar-refractivity contribution is 0.203. The van der Waals surface area contributed by atoms with Gasteiger partial charge in [0.25, 0.3) is 0 Å². The van der Waals surface area contributed by atoms with E-state index in [9.17, 15) is 0 Å². The molecule has 1 aromatic rings. The molecule has 2 N–H and O–H groups in total. The molecule has 0 aromatic heterocycles. The molecule has 0 bridgehead atoms. The maximum atomic E-state index is 5.99. The molecule has 94 valence electrons. The average Bonchev–Trinajstić information content (AvgIpc) is 3.13. The van der Waals surface area contributed by atoms with Crippen molar-refractivity contribution in [3.63, 3.8) is 0 Å². The first kappa shape index (κ1) is 12.6. The zero-order valence-corrected chi connectivity index (χ0v) is 11.0. The van der Waals surface area contributed by atoms with Gasteiger partial charge in [-0.05, 0) is 37.8 Å². The second kappa shape index (κ2) is 5.65. The van der Waals surface area contributed by atoms with Crippen LogP contribution in [0.15, 0.2) is 24.3 Å². The Hall–Kier alpha value is -0.860. The zero-order valence-electron chi connectivity index (χ0n) is 11.0. The molecule has 2 nitrogen and oxygen atoms in total. The normalized spacial score (nSPS) is 17.4. The number of benzene rings is 1. The second-order valence-electron chi connectivity index (χ2n) is 5.20. The molecule has 2 rings (SSSR count). The molecule has 0 spiro atoms. The molecule has 1 aliphatic carbocycles. The minimum absolute atomic E-state index is 0.389. The largest absolute Gasteiger partial charge is 0.329 e. The van der Waals surface area contributed by atoms with Crippen LogP contribution in [0.5, 0.6) is 0 Å². The first-order valence-electron chi connectivity index (χ1n) is 6.75. The van der Waals surface area contributed by atoms with E-state index in [1.165, 1.54) is 30.5 Å². The number of aryl methyl sites for hydroxylation is 1. The maximum absolute atomic E-state index is 5.99. The third-order valence-corrected chi connectivity index (χ3v) is 3.69. The quantitative estimate of drug-likeness (QED) is 0.817. The van der Waals surface area contributed by atoms with E-state index in [1.54, 1.807) is 0 Å². The molecule has 1 saturated carbocycles. The number of nitrogens with two attached hydrogens (primary N) is 1. The van der Waals surface area contributed by atoms with Crippen LogP contribution in [0, 0.1) is 12.8 Å². The van der Waals surface area contributed by atoms with Gasteiger partial charge in [-0.1, -0.05) is 36.8 Å². The van der Waals surface area contributed by atoms with Crippen molar-refractivity contribution >= 4 is 0 Å². The van der Waals surface area contributed by atoms with Gasteiger partial charge in [0.2, 0.25) is 0 Å². The molecule has 1 unspecified atom stereocenters. The standard InChI is InChI=1S/C15H24N2/c1-3-17(11-13-7-8-13)15(10-16)14-6-4-5-12(2)9-14/h4-6,9,13,15H,3,7-8,10-11,16H2,1-2H3. The number of hydrogen-bond donors (Lipinski definition) is 1.